The third kappa shape index (κ3) is 4.10. The van der Waals surface area contributed by atoms with Gasteiger partial charge >= 0.3 is 0 Å². The molecular weight excluding hydrogens is 403 g/mol. The van der Waals surface area contributed by atoms with Gasteiger partial charge in [0.2, 0.25) is 0 Å². The van der Waals surface area contributed by atoms with Crippen LogP contribution in [0, 0.1) is 0 Å². The van der Waals surface area contributed by atoms with Crippen molar-refractivity contribution in [2.24, 2.45) is 0 Å². The van der Waals surface area contributed by atoms with Gasteiger partial charge in [0.15, 0.2) is 16.6 Å². The van der Waals surface area contributed by atoms with E-state index in [9.17, 15) is 4.79 Å². The Balaban J connectivity index is 2.04. The van der Waals surface area contributed by atoms with Crippen molar-refractivity contribution in [2.75, 3.05) is 13.2 Å². The summed E-state index contributed by atoms with van der Waals surface area (Å²) in [6, 6.07) is 3.31. The number of benzene rings is 1. The molecule has 0 bridgehead atoms. The fraction of sp³-hybridized carbons (Fsp3) is 0.500. The zero-order chi connectivity index (χ0) is 19.6. The number of Topliss-reactive ketones (excluding diaryl/α,β-unsaturated/α-hetero) is 1. The number of carbonyl (C=O) groups excluding carboxylic acids is 1. The molecule has 0 saturated heterocycles. The molecule has 0 saturated carbocycles. The highest BCUT2D eigenvalue weighted by atomic mass is 35.5. The van der Waals surface area contributed by atoms with Crippen LogP contribution < -0.4 is 10.1 Å². The van der Waals surface area contributed by atoms with Crippen molar-refractivity contribution in [1.82, 2.24) is 10.2 Å². The molecule has 1 aliphatic heterocycles. The number of ether oxygens (including phenoxy) is 1. The van der Waals surface area contributed by atoms with Crippen LogP contribution in [0.3, 0.4) is 0 Å². The van der Waals surface area contributed by atoms with Crippen molar-refractivity contribution in [3.8, 4) is 5.75 Å². The maximum absolute atomic E-state index is 12.8. The fourth-order valence-corrected chi connectivity index (χ4v) is 4.58. The van der Waals surface area contributed by atoms with Crippen molar-refractivity contribution < 1.29 is 9.53 Å². The molecule has 7 heteroatoms. The van der Waals surface area contributed by atoms with Crippen LogP contribution in [0.1, 0.15) is 57.6 Å². The fourth-order valence-electron chi connectivity index (χ4n) is 3.65. The van der Waals surface area contributed by atoms with Gasteiger partial charge in [-0.2, -0.15) is 0 Å². The maximum atomic E-state index is 12.8. The Hall–Kier alpha value is -1.30. The van der Waals surface area contributed by atoms with Crippen molar-refractivity contribution in [3.63, 3.8) is 0 Å². The average Bonchev–Trinajstić information content (AvgIpc) is 2.63. The Kier molecular flexibility index (Phi) is 6.66. The zero-order valence-corrected chi connectivity index (χ0v) is 17.9. The summed E-state index contributed by atoms with van der Waals surface area (Å²) in [6.45, 7) is 5.47. The number of thiocarbonyl (C=S) groups is 1. The van der Waals surface area contributed by atoms with Crippen LogP contribution in [-0.4, -0.2) is 28.9 Å². The first-order valence-corrected chi connectivity index (χ1v) is 10.6. The van der Waals surface area contributed by atoms with Gasteiger partial charge in [-0.1, -0.05) is 37.0 Å². The standard InChI is InChI=1S/C20H24Cl2N2O2S/c1-3-8-24-15-6-5-7-16(25)17(15)18(23-20(24)27)12-10-13(21)19(14(22)11-12)26-9-4-2/h10-11,18H,3-9H2,1-2H3,(H,23,27). The van der Waals surface area contributed by atoms with Crippen LogP contribution in [0.4, 0.5) is 0 Å². The van der Waals surface area contributed by atoms with Crippen LogP contribution in [0.5, 0.6) is 5.75 Å². The maximum Gasteiger partial charge on any atom is 0.173 e. The summed E-state index contributed by atoms with van der Waals surface area (Å²) >= 11 is 18.5. The summed E-state index contributed by atoms with van der Waals surface area (Å²) in [5, 5.41) is 4.87. The summed E-state index contributed by atoms with van der Waals surface area (Å²) in [6.07, 6.45) is 4.10. The minimum absolute atomic E-state index is 0.163. The number of nitrogens with one attached hydrogen (secondary N) is 1. The topological polar surface area (TPSA) is 41.6 Å². The molecule has 0 aromatic heterocycles. The highest BCUT2D eigenvalue weighted by Gasteiger charge is 2.37. The Morgan fingerprint density at radius 2 is 1.93 bits per heavy atom. The molecule has 1 aliphatic carbocycles. The monoisotopic (exact) mass is 426 g/mol. The quantitative estimate of drug-likeness (QED) is 0.613. The molecular formula is C20H24Cl2N2O2S. The molecule has 3 rings (SSSR count). The van der Waals surface area contributed by atoms with E-state index in [1.165, 1.54) is 0 Å². The lowest BCUT2D eigenvalue weighted by molar-refractivity contribution is -0.116. The van der Waals surface area contributed by atoms with E-state index in [4.69, 9.17) is 40.2 Å². The molecule has 4 nitrogen and oxygen atoms in total. The van der Waals surface area contributed by atoms with E-state index in [1.807, 2.05) is 19.1 Å². The first-order chi connectivity index (χ1) is 13.0. The molecule has 1 atom stereocenters. The predicted octanol–water partition coefficient (Wildman–Crippen LogP) is 5.43. The summed E-state index contributed by atoms with van der Waals surface area (Å²) in [4.78, 5) is 14.9. The second-order valence-electron chi connectivity index (χ2n) is 6.83. The number of hydrogen-bond donors (Lipinski definition) is 1. The molecule has 27 heavy (non-hydrogen) atoms. The lowest BCUT2D eigenvalue weighted by atomic mass is 9.84. The third-order valence-electron chi connectivity index (χ3n) is 4.81. The Morgan fingerprint density at radius 3 is 2.56 bits per heavy atom. The van der Waals surface area contributed by atoms with E-state index in [1.54, 1.807) is 0 Å². The molecule has 1 heterocycles. The van der Waals surface area contributed by atoms with Crippen LogP contribution in [0.15, 0.2) is 23.4 Å². The van der Waals surface area contributed by atoms with E-state index in [2.05, 4.69) is 17.1 Å². The van der Waals surface area contributed by atoms with Gasteiger partial charge < -0.3 is 15.0 Å². The largest absolute Gasteiger partial charge is 0.490 e. The third-order valence-corrected chi connectivity index (χ3v) is 5.71. The van der Waals surface area contributed by atoms with E-state index in [0.717, 1.165) is 49.1 Å². The molecule has 1 aromatic carbocycles. The molecule has 0 fully saturated rings. The molecule has 0 amide bonds. The molecule has 1 unspecified atom stereocenters. The summed E-state index contributed by atoms with van der Waals surface area (Å²) < 4.78 is 5.66. The van der Waals surface area contributed by atoms with E-state index in [0.29, 0.717) is 33.9 Å². The van der Waals surface area contributed by atoms with Crippen molar-refractivity contribution in [3.05, 3.63) is 39.0 Å². The second-order valence-corrected chi connectivity index (χ2v) is 8.03. The first-order valence-electron chi connectivity index (χ1n) is 9.43. The lowest BCUT2D eigenvalue weighted by Gasteiger charge is -2.41. The Bertz CT molecular complexity index is 771. The molecule has 0 spiro atoms. The molecule has 146 valence electrons. The van der Waals surface area contributed by atoms with Gasteiger partial charge in [-0.05, 0) is 55.6 Å². The predicted molar refractivity (Wildman–Crippen MR) is 114 cm³/mol. The van der Waals surface area contributed by atoms with E-state index in [-0.39, 0.29) is 11.8 Å². The van der Waals surface area contributed by atoms with Crippen molar-refractivity contribution in [2.45, 2.75) is 52.0 Å². The minimum atomic E-state index is -0.330. The molecule has 1 aromatic rings. The van der Waals surface area contributed by atoms with Crippen LogP contribution >= 0.6 is 35.4 Å². The highest BCUT2D eigenvalue weighted by molar-refractivity contribution is 7.80. The van der Waals surface area contributed by atoms with E-state index >= 15 is 0 Å². The number of halogens is 2. The number of carbonyl (C=O) groups is 1. The Morgan fingerprint density at radius 1 is 1.22 bits per heavy atom. The Labute approximate surface area is 175 Å². The normalized spacial score (nSPS) is 19.9. The van der Waals surface area contributed by atoms with Gasteiger partial charge in [0.25, 0.3) is 0 Å². The second kappa shape index (κ2) is 8.80. The highest BCUT2D eigenvalue weighted by Crippen LogP contribution is 2.41. The molecule has 1 N–H and O–H groups in total. The van der Waals surface area contributed by atoms with Crippen molar-refractivity contribution >= 4 is 46.3 Å². The van der Waals surface area contributed by atoms with Crippen LogP contribution in [-0.2, 0) is 4.79 Å². The lowest BCUT2D eigenvalue weighted by Crippen LogP contribution is -2.49. The summed E-state index contributed by atoms with van der Waals surface area (Å²) in [5.74, 6) is 0.648. The van der Waals surface area contributed by atoms with Gasteiger partial charge in [-0.25, -0.2) is 0 Å². The summed E-state index contributed by atoms with van der Waals surface area (Å²) in [7, 11) is 0. The zero-order valence-electron chi connectivity index (χ0n) is 15.6. The minimum Gasteiger partial charge on any atom is -0.490 e. The molecule has 0 radical (unpaired) electrons. The van der Waals surface area contributed by atoms with Crippen molar-refractivity contribution in [1.29, 1.82) is 0 Å². The SMILES string of the molecule is CCCOc1c(Cl)cc(C2NC(=S)N(CCC)C3=C2C(=O)CCC3)cc1Cl. The van der Waals surface area contributed by atoms with Gasteiger partial charge in [-0.3, -0.25) is 4.79 Å². The first kappa shape index (κ1) is 20.4. The van der Waals surface area contributed by atoms with Gasteiger partial charge in [0.05, 0.1) is 22.7 Å². The van der Waals surface area contributed by atoms with Gasteiger partial charge in [0.1, 0.15) is 0 Å². The number of rotatable bonds is 6. The number of nitrogens with zero attached hydrogens (tertiary/aromatic N) is 1. The average molecular weight is 427 g/mol. The van der Waals surface area contributed by atoms with Gasteiger partial charge in [0, 0.05) is 24.2 Å². The van der Waals surface area contributed by atoms with Gasteiger partial charge in [-0.15, -0.1) is 0 Å². The van der Waals surface area contributed by atoms with Crippen LogP contribution in [0.25, 0.3) is 0 Å². The number of hydrogen-bond acceptors (Lipinski definition) is 3. The summed E-state index contributed by atoms with van der Waals surface area (Å²) in [5.41, 5.74) is 2.66. The van der Waals surface area contributed by atoms with E-state index < -0.39 is 0 Å². The smallest absolute Gasteiger partial charge is 0.173 e. The molecule has 2 aliphatic rings. The number of ketones is 1. The van der Waals surface area contributed by atoms with Crippen LogP contribution in [0.2, 0.25) is 10.0 Å². The number of allylic oxidation sites excluding steroid dienone is 1.